The molecule has 0 aliphatic carbocycles. The van der Waals surface area contributed by atoms with Gasteiger partial charge in [-0.3, -0.25) is 4.90 Å². The van der Waals surface area contributed by atoms with Crippen molar-refractivity contribution < 1.29 is 0 Å². The Hall–Kier alpha value is -0.160. The fourth-order valence-corrected chi connectivity index (χ4v) is 2.52. The predicted octanol–water partition coefficient (Wildman–Crippen LogP) is -0.425. The van der Waals surface area contributed by atoms with Crippen molar-refractivity contribution in [3.05, 3.63) is 0 Å². The molecule has 0 radical (unpaired) electrons. The van der Waals surface area contributed by atoms with Crippen LogP contribution in [-0.4, -0.2) is 75.2 Å². The minimum atomic E-state index is 0.729. The van der Waals surface area contributed by atoms with Gasteiger partial charge in [-0.2, -0.15) is 0 Å². The van der Waals surface area contributed by atoms with Crippen LogP contribution in [0.1, 0.15) is 12.8 Å². The fourth-order valence-electron chi connectivity index (χ4n) is 2.52. The zero-order chi connectivity index (χ0) is 11.2. The predicted molar refractivity (Wildman–Crippen MR) is 67.8 cm³/mol. The fraction of sp³-hybridized carbons (Fsp3) is 1.00. The first-order valence-electron chi connectivity index (χ1n) is 6.69. The first-order valence-corrected chi connectivity index (χ1v) is 6.69. The first-order chi connectivity index (χ1) is 7.84. The largest absolute Gasteiger partial charge is 0.314 e. The van der Waals surface area contributed by atoms with Gasteiger partial charge in [0.05, 0.1) is 0 Å². The molecule has 1 unspecified atom stereocenters. The highest BCUT2D eigenvalue weighted by atomic mass is 15.2. The van der Waals surface area contributed by atoms with Gasteiger partial charge in [-0.15, -0.1) is 0 Å². The second-order valence-corrected chi connectivity index (χ2v) is 5.14. The molecule has 2 heterocycles. The molecule has 0 spiro atoms. The zero-order valence-electron chi connectivity index (χ0n) is 10.5. The summed E-state index contributed by atoms with van der Waals surface area (Å²) in [4.78, 5) is 4.97. The lowest BCUT2D eigenvalue weighted by molar-refractivity contribution is 0.154. The quantitative estimate of drug-likeness (QED) is 0.623. The highest BCUT2D eigenvalue weighted by Crippen LogP contribution is 2.03. The van der Waals surface area contributed by atoms with E-state index in [1.165, 1.54) is 52.1 Å². The number of piperazine rings is 1. The van der Waals surface area contributed by atoms with Crippen LogP contribution in [0.2, 0.25) is 0 Å². The maximum Gasteiger partial charge on any atom is 0.0192 e. The highest BCUT2D eigenvalue weighted by Gasteiger charge is 2.14. The Labute approximate surface area is 99.4 Å². The maximum atomic E-state index is 3.57. The van der Waals surface area contributed by atoms with E-state index in [9.17, 15) is 0 Å². The van der Waals surface area contributed by atoms with Crippen LogP contribution in [0.4, 0.5) is 0 Å². The SMILES string of the molecule is CN1CCN(CCNCC2CCCN2)CC1. The van der Waals surface area contributed by atoms with Crippen LogP contribution in [0.3, 0.4) is 0 Å². The molecule has 4 nitrogen and oxygen atoms in total. The van der Waals surface area contributed by atoms with Gasteiger partial charge in [0.1, 0.15) is 0 Å². The number of rotatable bonds is 5. The summed E-state index contributed by atoms with van der Waals surface area (Å²) in [5.41, 5.74) is 0. The molecule has 2 aliphatic rings. The number of likely N-dealkylation sites (N-methyl/N-ethyl adjacent to an activating group) is 1. The van der Waals surface area contributed by atoms with Gasteiger partial charge in [-0.05, 0) is 26.4 Å². The topological polar surface area (TPSA) is 30.5 Å². The van der Waals surface area contributed by atoms with Crippen LogP contribution >= 0.6 is 0 Å². The van der Waals surface area contributed by atoms with Crippen LogP contribution in [0.25, 0.3) is 0 Å². The van der Waals surface area contributed by atoms with E-state index in [0.29, 0.717) is 0 Å². The molecule has 94 valence electrons. The Bertz CT molecular complexity index is 183. The van der Waals surface area contributed by atoms with Crippen LogP contribution in [0.15, 0.2) is 0 Å². The lowest BCUT2D eigenvalue weighted by Gasteiger charge is -2.32. The van der Waals surface area contributed by atoms with E-state index in [1.54, 1.807) is 0 Å². The minimum Gasteiger partial charge on any atom is -0.314 e. The van der Waals surface area contributed by atoms with Crippen LogP contribution in [0.5, 0.6) is 0 Å². The summed E-state index contributed by atoms with van der Waals surface area (Å²) in [6.45, 7) is 9.63. The van der Waals surface area contributed by atoms with Crippen LogP contribution in [-0.2, 0) is 0 Å². The molecule has 0 amide bonds. The van der Waals surface area contributed by atoms with Crippen LogP contribution < -0.4 is 10.6 Å². The van der Waals surface area contributed by atoms with Gasteiger partial charge in [0, 0.05) is 51.9 Å². The van der Waals surface area contributed by atoms with Crippen molar-refractivity contribution in [1.82, 2.24) is 20.4 Å². The molecule has 2 rings (SSSR count). The van der Waals surface area contributed by atoms with E-state index >= 15 is 0 Å². The summed E-state index contributed by atoms with van der Waals surface area (Å²) >= 11 is 0. The third-order valence-electron chi connectivity index (χ3n) is 3.75. The molecular formula is C12H26N4. The van der Waals surface area contributed by atoms with Crippen molar-refractivity contribution in [3.8, 4) is 0 Å². The maximum absolute atomic E-state index is 3.57. The molecular weight excluding hydrogens is 200 g/mol. The highest BCUT2D eigenvalue weighted by molar-refractivity contribution is 4.76. The molecule has 0 saturated carbocycles. The first kappa shape index (κ1) is 12.3. The van der Waals surface area contributed by atoms with Gasteiger partial charge in [0.15, 0.2) is 0 Å². The van der Waals surface area contributed by atoms with Gasteiger partial charge in [-0.25, -0.2) is 0 Å². The Morgan fingerprint density at radius 2 is 2.06 bits per heavy atom. The monoisotopic (exact) mass is 226 g/mol. The van der Waals surface area contributed by atoms with Crippen molar-refractivity contribution in [2.45, 2.75) is 18.9 Å². The third-order valence-corrected chi connectivity index (χ3v) is 3.75. The third kappa shape index (κ3) is 4.01. The van der Waals surface area contributed by atoms with E-state index in [4.69, 9.17) is 0 Å². The van der Waals surface area contributed by atoms with E-state index in [2.05, 4.69) is 27.5 Å². The second-order valence-electron chi connectivity index (χ2n) is 5.14. The Kier molecular flexibility index (Phi) is 5.03. The van der Waals surface area contributed by atoms with Crippen molar-refractivity contribution >= 4 is 0 Å². The summed E-state index contributed by atoms with van der Waals surface area (Å²) in [6, 6.07) is 0.729. The zero-order valence-corrected chi connectivity index (χ0v) is 10.5. The number of nitrogens with zero attached hydrogens (tertiary/aromatic N) is 2. The lowest BCUT2D eigenvalue weighted by atomic mass is 10.2. The van der Waals surface area contributed by atoms with Crippen molar-refractivity contribution in [3.63, 3.8) is 0 Å². The molecule has 0 bridgehead atoms. The average molecular weight is 226 g/mol. The smallest absolute Gasteiger partial charge is 0.0192 e. The molecule has 16 heavy (non-hydrogen) atoms. The molecule has 0 aromatic carbocycles. The lowest BCUT2D eigenvalue weighted by Crippen LogP contribution is -2.47. The molecule has 0 aromatic rings. The second kappa shape index (κ2) is 6.55. The summed E-state index contributed by atoms with van der Waals surface area (Å²) in [5, 5.41) is 7.09. The summed E-state index contributed by atoms with van der Waals surface area (Å²) in [7, 11) is 2.21. The summed E-state index contributed by atoms with van der Waals surface area (Å²) < 4.78 is 0. The molecule has 2 aliphatic heterocycles. The van der Waals surface area contributed by atoms with Gasteiger partial charge in [0.25, 0.3) is 0 Å². The molecule has 2 saturated heterocycles. The number of nitrogens with one attached hydrogen (secondary N) is 2. The number of hydrogen-bond acceptors (Lipinski definition) is 4. The van der Waals surface area contributed by atoms with Gasteiger partial charge >= 0.3 is 0 Å². The number of hydrogen-bond donors (Lipinski definition) is 2. The molecule has 2 fully saturated rings. The van der Waals surface area contributed by atoms with Gasteiger partial charge < -0.3 is 15.5 Å². The van der Waals surface area contributed by atoms with Crippen molar-refractivity contribution in [1.29, 1.82) is 0 Å². The standard InChI is InChI=1S/C12H26N4/c1-15-7-9-16(10-8-15)6-5-13-11-12-3-2-4-14-12/h12-14H,2-11H2,1H3. The Morgan fingerprint density at radius 1 is 1.25 bits per heavy atom. The summed E-state index contributed by atoms with van der Waals surface area (Å²) in [6.07, 6.45) is 2.70. The van der Waals surface area contributed by atoms with E-state index < -0.39 is 0 Å². The minimum absolute atomic E-state index is 0.729. The molecule has 2 N–H and O–H groups in total. The van der Waals surface area contributed by atoms with E-state index in [0.717, 1.165) is 19.1 Å². The molecule has 0 aromatic heterocycles. The van der Waals surface area contributed by atoms with E-state index in [1.807, 2.05) is 0 Å². The summed E-state index contributed by atoms with van der Waals surface area (Å²) in [5.74, 6) is 0. The van der Waals surface area contributed by atoms with Crippen molar-refractivity contribution in [2.75, 3.05) is 59.4 Å². The average Bonchev–Trinajstić information content (AvgIpc) is 2.80. The van der Waals surface area contributed by atoms with Crippen LogP contribution in [0, 0.1) is 0 Å². The Morgan fingerprint density at radius 3 is 2.75 bits per heavy atom. The normalized spacial score (nSPS) is 28.7. The van der Waals surface area contributed by atoms with Gasteiger partial charge in [0.2, 0.25) is 0 Å². The molecule has 1 atom stereocenters. The van der Waals surface area contributed by atoms with E-state index in [-0.39, 0.29) is 0 Å². The van der Waals surface area contributed by atoms with Crippen molar-refractivity contribution in [2.24, 2.45) is 0 Å². The molecule has 4 heteroatoms. The Balaban J connectivity index is 1.48. The van der Waals surface area contributed by atoms with Gasteiger partial charge in [-0.1, -0.05) is 0 Å².